The summed E-state index contributed by atoms with van der Waals surface area (Å²) >= 11 is 0. The van der Waals surface area contributed by atoms with Gasteiger partial charge < -0.3 is 9.84 Å². The summed E-state index contributed by atoms with van der Waals surface area (Å²) in [5.41, 5.74) is -1.31. The molecule has 0 spiro atoms. The number of hydrogen-bond donors (Lipinski definition) is 1. The van der Waals surface area contributed by atoms with Crippen LogP contribution in [0.15, 0.2) is 11.6 Å². The van der Waals surface area contributed by atoms with Gasteiger partial charge in [-0.3, -0.25) is 4.79 Å². The van der Waals surface area contributed by atoms with Crippen molar-refractivity contribution in [3.63, 3.8) is 0 Å². The number of allylic oxidation sites excluding steroid dienone is 1. The van der Waals surface area contributed by atoms with Gasteiger partial charge in [0.1, 0.15) is 5.41 Å². The average molecular weight is 428 g/mol. The minimum atomic E-state index is -1.08. The van der Waals surface area contributed by atoms with E-state index in [0.29, 0.717) is 31.5 Å². The van der Waals surface area contributed by atoms with Gasteiger partial charge in [0.15, 0.2) is 0 Å². The first kappa shape index (κ1) is 22.8. The lowest BCUT2D eigenvalue weighted by Crippen LogP contribution is -2.62. The third kappa shape index (κ3) is 2.84. The molecule has 0 aromatic heterocycles. The van der Waals surface area contributed by atoms with Crippen molar-refractivity contribution in [3.05, 3.63) is 11.6 Å². The van der Waals surface area contributed by atoms with Gasteiger partial charge in [-0.2, -0.15) is 5.26 Å². The molecule has 3 saturated carbocycles. The van der Waals surface area contributed by atoms with Crippen molar-refractivity contribution in [2.45, 2.75) is 85.5 Å². The van der Waals surface area contributed by atoms with Crippen LogP contribution < -0.4 is 0 Å². The quantitative estimate of drug-likeness (QED) is 0.332. The predicted octanol–water partition coefficient (Wildman–Crippen LogP) is 6.22. The van der Waals surface area contributed by atoms with Gasteiger partial charge in [0.2, 0.25) is 0 Å². The van der Waals surface area contributed by atoms with Crippen molar-refractivity contribution in [3.8, 4) is 6.07 Å². The molecule has 4 nitrogen and oxygen atoms in total. The molecular formula is C27H41NO3. The molecule has 0 aromatic rings. The molecule has 172 valence electrons. The van der Waals surface area contributed by atoms with E-state index in [0.717, 1.165) is 31.3 Å². The first-order chi connectivity index (χ1) is 14.8. The van der Waals surface area contributed by atoms with Crippen molar-refractivity contribution < 1.29 is 14.6 Å². The molecule has 0 unspecified atom stereocenters. The molecule has 4 bridgehead atoms. The Morgan fingerprint density at radius 3 is 2.65 bits per heavy atom. The van der Waals surface area contributed by atoms with Gasteiger partial charge in [0.25, 0.3) is 0 Å². The van der Waals surface area contributed by atoms with E-state index in [-0.39, 0.29) is 17.8 Å². The molecule has 4 aliphatic rings. The lowest BCUT2D eigenvalue weighted by molar-refractivity contribution is -0.179. The van der Waals surface area contributed by atoms with E-state index in [1.807, 2.05) is 0 Å². The number of fused-ring (bicyclic) bond motifs is 2. The van der Waals surface area contributed by atoms with E-state index >= 15 is 0 Å². The summed E-state index contributed by atoms with van der Waals surface area (Å²) < 4.78 is 6.33. The Morgan fingerprint density at radius 2 is 2.00 bits per heavy atom. The number of carboxylic acid groups (broad SMARTS) is 1. The third-order valence-electron chi connectivity index (χ3n) is 9.79. The number of hydrogen-bond acceptors (Lipinski definition) is 3. The van der Waals surface area contributed by atoms with Crippen molar-refractivity contribution >= 4 is 5.97 Å². The van der Waals surface area contributed by atoms with E-state index in [1.165, 1.54) is 25.7 Å². The number of nitrogens with zero attached hydrogens (tertiary/aromatic N) is 1. The number of rotatable bonds is 10. The summed E-state index contributed by atoms with van der Waals surface area (Å²) in [4.78, 5) is 13.3. The molecule has 3 fully saturated rings. The van der Waals surface area contributed by atoms with E-state index in [9.17, 15) is 15.2 Å². The highest BCUT2D eigenvalue weighted by Gasteiger charge is 2.84. The number of unbranched alkanes of at least 4 members (excludes halogenated alkanes) is 4. The highest BCUT2D eigenvalue weighted by atomic mass is 16.5. The number of aliphatic carboxylic acids is 1. The Hall–Kier alpha value is -1.34. The Bertz CT molecular complexity index is 782. The highest BCUT2D eigenvalue weighted by Crippen LogP contribution is 2.83. The summed E-state index contributed by atoms with van der Waals surface area (Å²) in [5.74, 6) is 0.746. The molecule has 0 heterocycles. The summed E-state index contributed by atoms with van der Waals surface area (Å²) in [6, 6.07) is 2.71. The first-order valence-corrected chi connectivity index (χ1v) is 12.8. The van der Waals surface area contributed by atoms with Crippen LogP contribution in [0.4, 0.5) is 0 Å². The maximum atomic E-state index is 13.3. The van der Waals surface area contributed by atoms with Crippen LogP contribution in [0.25, 0.3) is 0 Å². The summed E-state index contributed by atoms with van der Waals surface area (Å²) in [6.45, 7) is 9.94. The van der Waals surface area contributed by atoms with Crippen LogP contribution >= 0.6 is 0 Å². The molecule has 7 atom stereocenters. The Kier molecular flexibility index (Phi) is 6.05. The predicted molar refractivity (Wildman–Crippen MR) is 121 cm³/mol. The largest absolute Gasteiger partial charge is 0.481 e. The van der Waals surface area contributed by atoms with Gasteiger partial charge in [-0.05, 0) is 55.3 Å². The monoisotopic (exact) mass is 427 g/mol. The Labute approximate surface area is 188 Å². The van der Waals surface area contributed by atoms with E-state index in [4.69, 9.17) is 4.74 Å². The molecule has 31 heavy (non-hydrogen) atoms. The second-order valence-corrected chi connectivity index (χ2v) is 11.4. The van der Waals surface area contributed by atoms with Gasteiger partial charge in [-0.1, -0.05) is 71.4 Å². The van der Waals surface area contributed by atoms with Crippen molar-refractivity contribution in [1.29, 1.82) is 5.26 Å². The normalized spacial score (nSPS) is 42.5. The van der Waals surface area contributed by atoms with Crippen LogP contribution in [0.5, 0.6) is 0 Å². The van der Waals surface area contributed by atoms with Crippen molar-refractivity contribution in [2.24, 2.45) is 45.8 Å². The fourth-order valence-electron chi connectivity index (χ4n) is 8.60. The number of ether oxygens (including phenoxy) is 1. The molecule has 0 aromatic carbocycles. The average Bonchev–Trinajstić information content (AvgIpc) is 3.30. The summed E-state index contributed by atoms with van der Waals surface area (Å²) in [6.07, 6.45) is 12.0. The lowest BCUT2D eigenvalue weighted by atomic mass is 9.43. The molecule has 0 radical (unpaired) electrons. The standard InChI is InChI=1S/C27H41NO3/c1-5-6-7-8-9-12-31-17-26-15-21-19(4)10-11-22(21)25(16-28)14-20(26)13-23(18(2)3)27(25,26)24(29)30/h13,18-22H,5-12,14-15,17H2,1-4H3,(H,29,30)/t19-,20+,21-,22-,25+,26+,27+/m0/s1. The molecule has 0 amide bonds. The van der Waals surface area contributed by atoms with E-state index in [2.05, 4.69) is 39.8 Å². The zero-order valence-electron chi connectivity index (χ0n) is 20.0. The minimum Gasteiger partial charge on any atom is -0.481 e. The molecule has 0 saturated heterocycles. The topological polar surface area (TPSA) is 70.3 Å². The van der Waals surface area contributed by atoms with Gasteiger partial charge >= 0.3 is 5.97 Å². The zero-order valence-corrected chi connectivity index (χ0v) is 20.0. The third-order valence-corrected chi connectivity index (χ3v) is 9.79. The second-order valence-electron chi connectivity index (χ2n) is 11.4. The maximum Gasteiger partial charge on any atom is 0.316 e. The minimum absolute atomic E-state index is 0.137. The molecule has 1 N–H and O–H groups in total. The fraction of sp³-hybridized carbons (Fsp3) is 0.852. The Morgan fingerprint density at radius 1 is 1.26 bits per heavy atom. The van der Waals surface area contributed by atoms with Crippen molar-refractivity contribution in [2.75, 3.05) is 13.2 Å². The van der Waals surface area contributed by atoms with Crippen LogP contribution in [0, 0.1) is 57.2 Å². The number of carbonyl (C=O) groups is 1. The molecule has 0 aliphatic heterocycles. The van der Waals surface area contributed by atoms with Gasteiger partial charge in [0, 0.05) is 12.0 Å². The van der Waals surface area contributed by atoms with Crippen LogP contribution in [-0.2, 0) is 9.53 Å². The SMILES string of the molecule is CCCCCCCOC[C@]12C[C@H]3[C@@H](C)CC[C@@H]3[C@]3(C#N)C[C@H]1C=C(C(C)C)[C@]23C(=O)O. The molecular weight excluding hydrogens is 386 g/mol. The number of carboxylic acids is 1. The van der Waals surface area contributed by atoms with E-state index < -0.39 is 22.2 Å². The van der Waals surface area contributed by atoms with Crippen LogP contribution in [-0.4, -0.2) is 24.3 Å². The van der Waals surface area contributed by atoms with Crippen LogP contribution in [0.1, 0.15) is 85.5 Å². The lowest BCUT2D eigenvalue weighted by Gasteiger charge is -2.57. The number of nitriles is 1. The summed E-state index contributed by atoms with van der Waals surface area (Å²) in [5, 5.41) is 21.6. The first-order valence-electron chi connectivity index (χ1n) is 12.8. The fourth-order valence-corrected chi connectivity index (χ4v) is 8.60. The zero-order chi connectivity index (χ0) is 22.4. The second kappa shape index (κ2) is 8.22. The molecule has 4 aliphatic carbocycles. The Balaban J connectivity index is 1.69. The van der Waals surface area contributed by atoms with Crippen molar-refractivity contribution in [1.82, 2.24) is 0 Å². The van der Waals surface area contributed by atoms with Gasteiger partial charge in [-0.15, -0.1) is 0 Å². The van der Waals surface area contributed by atoms with Gasteiger partial charge in [0.05, 0.1) is 18.1 Å². The maximum absolute atomic E-state index is 13.3. The van der Waals surface area contributed by atoms with E-state index in [1.54, 1.807) is 0 Å². The smallest absolute Gasteiger partial charge is 0.316 e. The van der Waals surface area contributed by atoms with Crippen LogP contribution in [0.2, 0.25) is 0 Å². The molecule has 4 heteroatoms. The highest BCUT2D eigenvalue weighted by molar-refractivity contribution is 5.85. The molecule has 4 rings (SSSR count). The summed E-state index contributed by atoms with van der Waals surface area (Å²) in [7, 11) is 0. The van der Waals surface area contributed by atoms with Gasteiger partial charge in [-0.25, -0.2) is 0 Å². The van der Waals surface area contributed by atoms with Crippen LogP contribution in [0.3, 0.4) is 0 Å².